The summed E-state index contributed by atoms with van der Waals surface area (Å²) in [6.45, 7) is 3.54. The van der Waals surface area contributed by atoms with E-state index in [1.54, 1.807) is 38.1 Å². The fourth-order valence-electron chi connectivity index (χ4n) is 1.74. The lowest BCUT2D eigenvalue weighted by molar-refractivity contribution is -0.141. The van der Waals surface area contributed by atoms with Crippen molar-refractivity contribution in [1.29, 1.82) is 0 Å². The number of anilines is 1. The van der Waals surface area contributed by atoms with E-state index in [1.807, 2.05) is 6.07 Å². The number of nitrogens with one attached hydrogen (secondary N) is 1. The van der Waals surface area contributed by atoms with Gasteiger partial charge in [-0.25, -0.2) is 0 Å². The molecule has 0 aliphatic rings. The zero-order valence-corrected chi connectivity index (χ0v) is 14.8. The van der Waals surface area contributed by atoms with E-state index >= 15 is 0 Å². The highest BCUT2D eigenvalue weighted by atomic mass is 35.5. The van der Waals surface area contributed by atoms with E-state index in [0.717, 1.165) is 5.56 Å². The largest absolute Gasteiger partial charge is 0.460 e. The molecule has 8 heteroatoms. The lowest BCUT2D eigenvalue weighted by Gasteiger charge is -2.10. The number of carbonyl (C=O) groups is 2. The van der Waals surface area contributed by atoms with Crippen molar-refractivity contribution in [3.63, 3.8) is 0 Å². The number of hydrogen-bond donors (Lipinski definition) is 1. The molecule has 0 bridgehead atoms. The monoisotopic (exact) mass is 368 g/mol. The van der Waals surface area contributed by atoms with Gasteiger partial charge in [0.1, 0.15) is 12.4 Å². The van der Waals surface area contributed by atoms with Crippen LogP contribution in [0.25, 0.3) is 0 Å². The summed E-state index contributed by atoms with van der Waals surface area (Å²) in [5, 5.41) is 6.42. The second-order valence-electron chi connectivity index (χ2n) is 5.02. The Balaban J connectivity index is 1.72. The molecule has 1 atom stereocenters. The Hall–Kier alpha value is -1.99. The number of carbonyl (C=O) groups excluding carboxylic acids is 2. The van der Waals surface area contributed by atoms with E-state index in [2.05, 4.69) is 10.5 Å². The third-order valence-corrected chi connectivity index (χ3v) is 4.53. The molecular weight excluding hydrogens is 352 g/mol. The first-order chi connectivity index (χ1) is 11.5. The maximum atomic E-state index is 12.0. The van der Waals surface area contributed by atoms with Crippen LogP contribution in [0.5, 0.6) is 0 Å². The molecule has 1 aromatic heterocycles. The van der Waals surface area contributed by atoms with Gasteiger partial charge in [-0.2, -0.15) is 0 Å². The van der Waals surface area contributed by atoms with Gasteiger partial charge in [-0.3, -0.25) is 9.59 Å². The normalized spacial score (nSPS) is 11.8. The van der Waals surface area contributed by atoms with E-state index in [0.29, 0.717) is 16.6 Å². The van der Waals surface area contributed by atoms with Gasteiger partial charge in [0.15, 0.2) is 5.82 Å². The molecule has 0 spiro atoms. The quantitative estimate of drug-likeness (QED) is 0.754. The minimum atomic E-state index is -0.435. The molecule has 0 fully saturated rings. The van der Waals surface area contributed by atoms with Crippen LogP contribution in [0.1, 0.15) is 18.2 Å². The fourth-order valence-corrected chi connectivity index (χ4v) is 2.61. The molecule has 2 aromatic rings. The zero-order chi connectivity index (χ0) is 17.5. The average molecular weight is 369 g/mol. The maximum absolute atomic E-state index is 12.0. The van der Waals surface area contributed by atoms with Crippen LogP contribution in [-0.4, -0.2) is 28.0 Å². The van der Waals surface area contributed by atoms with Gasteiger partial charge in [-0.05, 0) is 19.9 Å². The van der Waals surface area contributed by atoms with Gasteiger partial charge in [-0.15, -0.1) is 11.8 Å². The Kier molecular flexibility index (Phi) is 6.69. The predicted molar refractivity (Wildman–Crippen MR) is 93.0 cm³/mol. The second kappa shape index (κ2) is 8.75. The highest BCUT2D eigenvalue weighted by molar-refractivity contribution is 8.01. The molecule has 1 unspecified atom stereocenters. The van der Waals surface area contributed by atoms with Crippen LogP contribution in [0.4, 0.5) is 5.82 Å². The van der Waals surface area contributed by atoms with Crippen molar-refractivity contribution >= 4 is 41.1 Å². The molecule has 1 aromatic carbocycles. The van der Waals surface area contributed by atoms with Crippen molar-refractivity contribution in [2.45, 2.75) is 25.7 Å². The van der Waals surface area contributed by atoms with Crippen molar-refractivity contribution in [2.75, 3.05) is 11.1 Å². The Morgan fingerprint density at radius 3 is 2.83 bits per heavy atom. The van der Waals surface area contributed by atoms with Gasteiger partial charge in [0, 0.05) is 16.7 Å². The third-order valence-electron chi connectivity index (χ3n) is 3.05. The SMILES string of the molecule is Cc1cc(NC(=O)C(C)SCC(=O)OCc2ccccc2Cl)no1. The minimum Gasteiger partial charge on any atom is -0.460 e. The number of amides is 1. The molecule has 0 saturated heterocycles. The van der Waals surface area contributed by atoms with Crippen LogP contribution < -0.4 is 5.32 Å². The molecule has 24 heavy (non-hydrogen) atoms. The van der Waals surface area contributed by atoms with Crippen molar-refractivity contribution in [2.24, 2.45) is 0 Å². The predicted octanol–water partition coefficient (Wildman–Crippen LogP) is 3.44. The summed E-state index contributed by atoms with van der Waals surface area (Å²) >= 11 is 7.17. The summed E-state index contributed by atoms with van der Waals surface area (Å²) in [6, 6.07) is 8.77. The van der Waals surface area contributed by atoms with Gasteiger partial charge in [-0.1, -0.05) is 35.0 Å². The van der Waals surface area contributed by atoms with Crippen LogP contribution in [0.2, 0.25) is 5.02 Å². The van der Waals surface area contributed by atoms with Crippen LogP contribution >= 0.6 is 23.4 Å². The lowest BCUT2D eigenvalue weighted by atomic mass is 10.2. The van der Waals surface area contributed by atoms with E-state index < -0.39 is 11.2 Å². The number of benzene rings is 1. The average Bonchev–Trinajstić information content (AvgIpc) is 2.96. The number of thioether (sulfide) groups is 1. The van der Waals surface area contributed by atoms with Gasteiger partial charge >= 0.3 is 5.97 Å². The Morgan fingerprint density at radius 2 is 2.17 bits per heavy atom. The Morgan fingerprint density at radius 1 is 1.42 bits per heavy atom. The first-order valence-corrected chi connectivity index (χ1v) is 8.63. The van der Waals surface area contributed by atoms with Crippen molar-refractivity contribution in [3.05, 3.63) is 46.7 Å². The number of hydrogen-bond acceptors (Lipinski definition) is 6. The fraction of sp³-hybridized carbons (Fsp3) is 0.312. The van der Waals surface area contributed by atoms with E-state index in [4.69, 9.17) is 20.9 Å². The van der Waals surface area contributed by atoms with Crippen LogP contribution in [0.3, 0.4) is 0 Å². The first-order valence-electron chi connectivity index (χ1n) is 7.20. The van der Waals surface area contributed by atoms with E-state index in [-0.39, 0.29) is 18.3 Å². The Labute approximate surface area is 148 Å². The number of halogens is 1. The number of nitrogens with zero attached hydrogens (tertiary/aromatic N) is 1. The highest BCUT2D eigenvalue weighted by Crippen LogP contribution is 2.17. The molecule has 1 N–H and O–H groups in total. The summed E-state index contributed by atoms with van der Waals surface area (Å²) < 4.78 is 10.0. The van der Waals surface area contributed by atoms with Crippen molar-refractivity contribution in [3.8, 4) is 0 Å². The maximum Gasteiger partial charge on any atom is 0.316 e. The molecule has 6 nitrogen and oxygen atoms in total. The molecule has 0 aliphatic heterocycles. The lowest BCUT2D eigenvalue weighted by Crippen LogP contribution is -2.24. The molecule has 0 radical (unpaired) electrons. The van der Waals surface area contributed by atoms with E-state index in [9.17, 15) is 9.59 Å². The molecule has 128 valence electrons. The number of ether oxygens (including phenoxy) is 1. The van der Waals surface area contributed by atoms with Gasteiger partial charge in [0.25, 0.3) is 0 Å². The summed E-state index contributed by atoms with van der Waals surface area (Å²) in [7, 11) is 0. The number of aromatic nitrogens is 1. The topological polar surface area (TPSA) is 81.4 Å². The summed E-state index contributed by atoms with van der Waals surface area (Å²) in [5.41, 5.74) is 0.740. The zero-order valence-electron chi connectivity index (χ0n) is 13.2. The smallest absolute Gasteiger partial charge is 0.316 e. The van der Waals surface area contributed by atoms with Gasteiger partial charge < -0.3 is 14.6 Å². The van der Waals surface area contributed by atoms with Gasteiger partial charge in [0.05, 0.1) is 11.0 Å². The minimum absolute atomic E-state index is 0.0664. The number of aryl methyl sites for hydroxylation is 1. The third kappa shape index (κ3) is 5.58. The van der Waals surface area contributed by atoms with Crippen molar-refractivity contribution in [1.82, 2.24) is 5.16 Å². The summed E-state index contributed by atoms with van der Waals surface area (Å²) in [5.74, 6) is 0.362. The number of esters is 1. The molecule has 0 saturated carbocycles. The molecule has 0 aliphatic carbocycles. The van der Waals surface area contributed by atoms with Crippen LogP contribution in [0.15, 0.2) is 34.9 Å². The van der Waals surface area contributed by atoms with Gasteiger partial charge in [0.2, 0.25) is 5.91 Å². The molecule has 2 rings (SSSR count). The van der Waals surface area contributed by atoms with Crippen LogP contribution in [-0.2, 0) is 20.9 Å². The summed E-state index contributed by atoms with van der Waals surface area (Å²) in [6.07, 6.45) is 0. The first kappa shape index (κ1) is 18.4. The van der Waals surface area contributed by atoms with E-state index in [1.165, 1.54) is 11.8 Å². The van der Waals surface area contributed by atoms with Crippen molar-refractivity contribution < 1.29 is 18.8 Å². The standard InChI is InChI=1S/C16H17ClN2O4S/c1-10-7-14(19-23-10)18-16(21)11(2)24-9-15(20)22-8-12-5-3-4-6-13(12)17/h3-7,11H,8-9H2,1-2H3,(H,18,19,21). The molecule has 1 heterocycles. The highest BCUT2D eigenvalue weighted by Gasteiger charge is 2.17. The summed E-state index contributed by atoms with van der Waals surface area (Å²) in [4.78, 5) is 23.7. The number of rotatable bonds is 7. The van der Waals surface area contributed by atoms with Crippen LogP contribution in [0, 0.1) is 6.92 Å². The Bertz CT molecular complexity index is 720. The second-order valence-corrected chi connectivity index (χ2v) is 6.75. The molecule has 1 amide bonds. The molecular formula is C16H17ClN2O4S.